The van der Waals surface area contributed by atoms with Gasteiger partial charge < -0.3 is 9.80 Å². The normalized spacial score (nSPS) is 14.6. The molecule has 1 fully saturated rings. The highest BCUT2D eigenvalue weighted by Crippen LogP contribution is 2.29. The van der Waals surface area contributed by atoms with Gasteiger partial charge in [-0.1, -0.05) is 36.4 Å². The van der Waals surface area contributed by atoms with Crippen LogP contribution in [-0.2, 0) is 6.54 Å². The Kier molecular flexibility index (Phi) is 7.07. The van der Waals surface area contributed by atoms with Crippen molar-refractivity contribution in [3.05, 3.63) is 69.6 Å². The molecule has 1 saturated heterocycles. The molecule has 8 heteroatoms. The van der Waals surface area contributed by atoms with E-state index in [-0.39, 0.29) is 11.5 Å². The number of anilines is 1. The van der Waals surface area contributed by atoms with Gasteiger partial charge >= 0.3 is 0 Å². The molecule has 3 heterocycles. The number of aryl methyl sites for hydroxylation is 1. The predicted molar refractivity (Wildman–Crippen MR) is 148 cm³/mol. The van der Waals surface area contributed by atoms with Crippen LogP contribution in [-0.4, -0.2) is 71.1 Å². The van der Waals surface area contributed by atoms with Crippen LogP contribution in [0.15, 0.2) is 53.6 Å². The van der Waals surface area contributed by atoms with Crippen LogP contribution in [0.25, 0.3) is 21.0 Å². The van der Waals surface area contributed by atoms with Crippen molar-refractivity contribution in [3.63, 3.8) is 0 Å². The lowest BCUT2D eigenvalue weighted by atomic mass is 10.1. The first-order valence-electron chi connectivity index (χ1n) is 12.7. The Morgan fingerprint density at radius 2 is 1.72 bits per heavy atom. The Labute approximate surface area is 215 Å². The quantitative estimate of drug-likeness (QED) is 0.378. The highest BCUT2D eigenvalue weighted by atomic mass is 32.1. The monoisotopic (exact) mass is 503 g/mol. The van der Waals surface area contributed by atoms with Crippen molar-refractivity contribution in [2.75, 3.05) is 50.7 Å². The number of amides is 1. The van der Waals surface area contributed by atoms with Crippen LogP contribution < -0.4 is 10.5 Å². The maximum absolute atomic E-state index is 13.3. The Morgan fingerprint density at radius 1 is 1.00 bits per heavy atom. The Hall–Kier alpha value is -3.23. The third-order valence-electron chi connectivity index (χ3n) is 7.30. The number of carbonyl (C=O) groups is 1. The average Bonchev–Trinajstić information content (AvgIpc) is 3.26. The summed E-state index contributed by atoms with van der Waals surface area (Å²) < 4.78 is 1.70. The molecule has 7 nitrogen and oxygen atoms in total. The van der Waals surface area contributed by atoms with Crippen LogP contribution in [0.1, 0.15) is 29.1 Å². The predicted octanol–water partition coefficient (Wildman–Crippen LogP) is 4.22. The summed E-state index contributed by atoms with van der Waals surface area (Å²) in [6, 6.07) is 15.0. The zero-order valence-electron chi connectivity index (χ0n) is 21.2. The van der Waals surface area contributed by atoms with E-state index in [9.17, 15) is 9.59 Å². The van der Waals surface area contributed by atoms with Gasteiger partial charge in [-0.3, -0.25) is 19.1 Å². The van der Waals surface area contributed by atoms with Gasteiger partial charge in [-0.25, -0.2) is 4.98 Å². The van der Waals surface area contributed by atoms with Gasteiger partial charge in [0.2, 0.25) is 0 Å². The molecule has 1 aliphatic rings. The van der Waals surface area contributed by atoms with Gasteiger partial charge in [-0.15, -0.1) is 11.3 Å². The minimum absolute atomic E-state index is 0.0180. The van der Waals surface area contributed by atoms with E-state index >= 15 is 0 Å². The Morgan fingerprint density at radius 3 is 2.47 bits per heavy atom. The number of benzene rings is 2. The van der Waals surface area contributed by atoms with Gasteiger partial charge in [-0.05, 0) is 37.8 Å². The number of piperazine rings is 1. The van der Waals surface area contributed by atoms with Crippen molar-refractivity contribution in [1.29, 1.82) is 0 Å². The minimum Gasteiger partial charge on any atom is -0.368 e. The average molecular weight is 504 g/mol. The molecule has 2 aromatic carbocycles. The van der Waals surface area contributed by atoms with Gasteiger partial charge in [0.25, 0.3) is 11.5 Å². The van der Waals surface area contributed by atoms with E-state index < -0.39 is 0 Å². The van der Waals surface area contributed by atoms with Gasteiger partial charge in [0, 0.05) is 63.4 Å². The molecular formula is C28H33N5O2S. The first-order valence-corrected chi connectivity index (χ1v) is 13.6. The molecule has 0 spiro atoms. The number of nitrogens with zero attached hydrogens (tertiary/aromatic N) is 5. The first kappa shape index (κ1) is 24.5. The summed E-state index contributed by atoms with van der Waals surface area (Å²) in [6.07, 6.45) is 1.64. The molecule has 5 rings (SSSR count). The molecule has 0 atom stereocenters. The van der Waals surface area contributed by atoms with Crippen LogP contribution in [0.2, 0.25) is 0 Å². The summed E-state index contributed by atoms with van der Waals surface area (Å²) >= 11 is 1.33. The molecule has 0 radical (unpaired) electrons. The highest BCUT2D eigenvalue weighted by Gasteiger charge is 2.23. The van der Waals surface area contributed by atoms with E-state index in [2.05, 4.69) is 57.2 Å². The standard InChI is InChI=1S/C28H33N5O2S/c1-4-31(5-2)28(35)25-20(3)24-26(36-25)29-19-33(27(24)34)18-15-30-13-16-32(17-14-30)23-12-8-10-21-9-6-7-11-22(21)23/h6-12,19H,4-5,13-18H2,1-3H3. The summed E-state index contributed by atoms with van der Waals surface area (Å²) in [5, 5.41) is 3.15. The van der Waals surface area contributed by atoms with Crippen molar-refractivity contribution in [1.82, 2.24) is 19.4 Å². The third kappa shape index (κ3) is 4.51. The molecule has 1 aliphatic heterocycles. The zero-order chi connectivity index (χ0) is 25.2. The largest absolute Gasteiger partial charge is 0.368 e. The topological polar surface area (TPSA) is 61.7 Å². The molecule has 0 unspecified atom stereocenters. The van der Waals surface area contributed by atoms with Crippen LogP contribution in [0, 0.1) is 6.92 Å². The van der Waals surface area contributed by atoms with Crippen LogP contribution in [0.5, 0.6) is 0 Å². The second-order valence-electron chi connectivity index (χ2n) is 9.28. The smallest absolute Gasteiger partial charge is 0.264 e. The molecule has 188 valence electrons. The molecule has 0 saturated carbocycles. The van der Waals surface area contributed by atoms with E-state index in [1.54, 1.807) is 15.8 Å². The van der Waals surface area contributed by atoms with E-state index in [0.717, 1.165) is 38.3 Å². The van der Waals surface area contributed by atoms with Crippen molar-refractivity contribution < 1.29 is 4.79 Å². The lowest BCUT2D eigenvalue weighted by molar-refractivity contribution is 0.0777. The third-order valence-corrected chi connectivity index (χ3v) is 8.49. The summed E-state index contributed by atoms with van der Waals surface area (Å²) in [7, 11) is 0. The Balaban J connectivity index is 1.26. The van der Waals surface area contributed by atoms with E-state index in [0.29, 0.717) is 34.7 Å². The van der Waals surface area contributed by atoms with Crippen LogP contribution >= 0.6 is 11.3 Å². The maximum Gasteiger partial charge on any atom is 0.264 e. The van der Waals surface area contributed by atoms with E-state index in [1.165, 1.54) is 27.8 Å². The lowest BCUT2D eigenvalue weighted by Crippen LogP contribution is -2.47. The van der Waals surface area contributed by atoms with Crippen LogP contribution in [0.4, 0.5) is 5.69 Å². The number of thiophene rings is 1. The number of hydrogen-bond acceptors (Lipinski definition) is 6. The first-order chi connectivity index (χ1) is 17.5. The summed E-state index contributed by atoms with van der Waals surface area (Å²) in [4.78, 5) is 38.7. The molecule has 1 amide bonds. The summed E-state index contributed by atoms with van der Waals surface area (Å²) in [5.41, 5.74) is 1.99. The fourth-order valence-electron chi connectivity index (χ4n) is 5.12. The van der Waals surface area contributed by atoms with Crippen molar-refractivity contribution in [2.24, 2.45) is 0 Å². The molecule has 2 aromatic heterocycles. The van der Waals surface area contributed by atoms with E-state index in [1.807, 2.05) is 20.8 Å². The molecule has 4 aromatic rings. The van der Waals surface area contributed by atoms with Gasteiger partial charge in [0.05, 0.1) is 16.6 Å². The Bertz CT molecular complexity index is 1440. The molecule has 0 bridgehead atoms. The minimum atomic E-state index is -0.0539. The number of aromatic nitrogens is 2. The van der Waals surface area contributed by atoms with Gasteiger partial charge in [0.15, 0.2) is 0 Å². The number of hydrogen-bond donors (Lipinski definition) is 0. The number of rotatable bonds is 7. The van der Waals surface area contributed by atoms with Crippen LogP contribution in [0.3, 0.4) is 0 Å². The summed E-state index contributed by atoms with van der Waals surface area (Å²) in [5.74, 6) is -0.0180. The zero-order valence-corrected chi connectivity index (χ0v) is 22.1. The molecule has 36 heavy (non-hydrogen) atoms. The second kappa shape index (κ2) is 10.4. The van der Waals surface area contributed by atoms with Crippen molar-refractivity contribution in [3.8, 4) is 0 Å². The summed E-state index contributed by atoms with van der Waals surface area (Å²) in [6.45, 7) is 12.3. The van der Waals surface area contributed by atoms with Gasteiger partial charge in [0.1, 0.15) is 4.83 Å². The maximum atomic E-state index is 13.3. The van der Waals surface area contributed by atoms with Gasteiger partial charge in [-0.2, -0.15) is 0 Å². The highest BCUT2D eigenvalue weighted by molar-refractivity contribution is 7.20. The van der Waals surface area contributed by atoms with Crippen molar-refractivity contribution >= 4 is 43.9 Å². The van der Waals surface area contributed by atoms with Crippen molar-refractivity contribution in [2.45, 2.75) is 27.3 Å². The second-order valence-corrected chi connectivity index (χ2v) is 10.3. The molecule has 0 aliphatic carbocycles. The fourth-order valence-corrected chi connectivity index (χ4v) is 6.23. The number of fused-ring (bicyclic) bond motifs is 2. The SMILES string of the molecule is CCN(CC)C(=O)c1sc2ncn(CCN3CCN(c4cccc5ccccc45)CC3)c(=O)c2c1C. The fraction of sp³-hybridized carbons (Fsp3) is 0.393. The van der Waals surface area contributed by atoms with E-state index in [4.69, 9.17) is 0 Å². The lowest BCUT2D eigenvalue weighted by Gasteiger charge is -2.36. The molecular weight excluding hydrogens is 470 g/mol. The molecule has 0 N–H and O–H groups in total. The number of carbonyl (C=O) groups excluding carboxylic acids is 1.